The Hall–Kier alpha value is -2.10. The van der Waals surface area contributed by atoms with Crippen molar-refractivity contribution in [1.82, 2.24) is 0 Å². The van der Waals surface area contributed by atoms with Gasteiger partial charge in [0.25, 0.3) is 0 Å². The third kappa shape index (κ3) is 4.10. The minimum Gasteiger partial charge on any atom is -0.487 e. The smallest absolute Gasteiger partial charge is 0.221 e. The second-order valence-electron chi connectivity index (χ2n) is 3.80. The van der Waals surface area contributed by atoms with Crippen LogP contribution in [0.25, 0.3) is 0 Å². The Morgan fingerprint density at radius 2 is 2.18 bits per heavy atom. The molecule has 0 aliphatic rings. The first kappa shape index (κ1) is 13.0. The van der Waals surface area contributed by atoms with Gasteiger partial charge in [-0.2, -0.15) is 0 Å². The molecule has 0 bridgehead atoms. The molecule has 4 heteroatoms. The highest BCUT2D eigenvalue weighted by molar-refractivity contribution is 5.92. The molecule has 0 radical (unpaired) electrons. The molecule has 0 aliphatic carbocycles. The number of carbonyl (C=O) groups is 2. The van der Waals surface area contributed by atoms with Gasteiger partial charge >= 0.3 is 0 Å². The van der Waals surface area contributed by atoms with Gasteiger partial charge in [-0.15, -0.1) is 0 Å². The summed E-state index contributed by atoms with van der Waals surface area (Å²) in [5.41, 5.74) is 1.85. The summed E-state index contributed by atoms with van der Waals surface area (Å²) in [5, 5.41) is 2.62. The predicted molar refractivity (Wildman–Crippen MR) is 66.4 cm³/mol. The molecule has 1 N–H and O–H groups in total. The van der Waals surface area contributed by atoms with Crippen LogP contribution < -0.4 is 10.1 Å². The largest absolute Gasteiger partial charge is 0.487 e. The highest BCUT2D eigenvalue weighted by atomic mass is 16.5. The quantitative estimate of drug-likeness (QED) is 0.627. The highest BCUT2D eigenvalue weighted by Crippen LogP contribution is 2.25. The number of nitrogens with one attached hydrogen (secondary N) is 1. The van der Waals surface area contributed by atoms with Crippen molar-refractivity contribution in [2.24, 2.45) is 0 Å². The second-order valence-corrected chi connectivity index (χ2v) is 3.80. The van der Waals surface area contributed by atoms with Crippen LogP contribution in [-0.4, -0.2) is 18.8 Å². The van der Waals surface area contributed by atoms with Gasteiger partial charge in [0.15, 0.2) is 0 Å². The van der Waals surface area contributed by atoms with E-state index in [0.717, 1.165) is 5.57 Å². The van der Waals surface area contributed by atoms with Crippen LogP contribution in [0.3, 0.4) is 0 Å². The summed E-state index contributed by atoms with van der Waals surface area (Å²) in [4.78, 5) is 21.7. The van der Waals surface area contributed by atoms with Gasteiger partial charge < -0.3 is 10.1 Å². The van der Waals surface area contributed by atoms with Gasteiger partial charge in [0.05, 0.1) is 5.69 Å². The summed E-state index contributed by atoms with van der Waals surface area (Å²) < 4.78 is 5.47. The van der Waals surface area contributed by atoms with Crippen molar-refractivity contribution in [3.05, 3.63) is 35.9 Å². The third-order valence-electron chi connectivity index (χ3n) is 1.92. The van der Waals surface area contributed by atoms with E-state index in [-0.39, 0.29) is 5.91 Å². The fourth-order valence-corrected chi connectivity index (χ4v) is 1.24. The number of ether oxygens (including phenoxy) is 1. The first-order valence-electron chi connectivity index (χ1n) is 5.17. The van der Waals surface area contributed by atoms with Gasteiger partial charge in [-0.05, 0) is 30.7 Å². The summed E-state index contributed by atoms with van der Waals surface area (Å²) in [7, 11) is 0. The molecule has 1 rings (SSSR count). The standard InChI is InChI=1S/C13H15NO3/c1-9(2)8-17-13-5-4-11(7-15)6-12(13)14-10(3)16/h4-7H,1,8H2,2-3H3,(H,14,16). The number of carbonyl (C=O) groups excluding carboxylic acids is 2. The number of rotatable bonds is 5. The Morgan fingerprint density at radius 3 is 2.71 bits per heavy atom. The Morgan fingerprint density at radius 1 is 1.47 bits per heavy atom. The fourth-order valence-electron chi connectivity index (χ4n) is 1.24. The average molecular weight is 233 g/mol. The zero-order valence-corrected chi connectivity index (χ0v) is 9.95. The van der Waals surface area contributed by atoms with Crippen molar-refractivity contribution in [2.45, 2.75) is 13.8 Å². The molecule has 0 unspecified atom stereocenters. The van der Waals surface area contributed by atoms with Crippen molar-refractivity contribution >= 4 is 17.9 Å². The van der Waals surface area contributed by atoms with Gasteiger partial charge in [0, 0.05) is 12.5 Å². The molecule has 0 saturated carbocycles. The molecule has 4 nitrogen and oxygen atoms in total. The Balaban J connectivity index is 2.96. The lowest BCUT2D eigenvalue weighted by Crippen LogP contribution is -2.09. The zero-order valence-electron chi connectivity index (χ0n) is 9.95. The molecule has 0 spiro atoms. The Bertz CT molecular complexity index is 452. The highest BCUT2D eigenvalue weighted by Gasteiger charge is 2.06. The molecule has 0 aromatic heterocycles. The summed E-state index contributed by atoms with van der Waals surface area (Å²) in [6.07, 6.45) is 0.716. The zero-order chi connectivity index (χ0) is 12.8. The SMILES string of the molecule is C=C(C)COc1ccc(C=O)cc1NC(C)=O. The van der Waals surface area contributed by atoms with Crippen LogP contribution in [0.5, 0.6) is 5.75 Å². The number of benzene rings is 1. The van der Waals surface area contributed by atoms with E-state index < -0.39 is 0 Å². The van der Waals surface area contributed by atoms with Crippen molar-refractivity contribution in [3.63, 3.8) is 0 Å². The van der Waals surface area contributed by atoms with Gasteiger partial charge in [0.1, 0.15) is 18.6 Å². The molecule has 0 aliphatic heterocycles. The van der Waals surface area contributed by atoms with Crippen LogP contribution in [0.1, 0.15) is 24.2 Å². The molecule has 1 aromatic carbocycles. The number of anilines is 1. The minimum atomic E-state index is -0.215. The number of hydrogen-bond acceptors (Lipinski definition) is 3. The Kier molecular flexibility index (Phi) is 4.46. The van der Waals surface area contributed by atoms with Gasteiger partial charge in [-0.3, -0.25) is 9.59 Å². The first-order valence-corrected chi connectivity index (χ1v) is 5.17. The molecule has 1 amide bonds. The molecule has 0 atom stereocenters. The lowest BCUT2D eigenvalue weighted by atomic mass is 10.2. The summed E-state index contributed by atoms with van der Waals surface area (Å²) in [6, 6.07) is 4.85. The lowest BCUT2D eigenvalue weighted by Gasteiger charge is -2.12. The van der Waals surface area contributed by atoms with Crippen LogP contribution in [0.4, 0.5) is 5.69 Å². The maximum atomic E-state index is 11.0. The normalized spacial score (nSPS) is 9.53. The van der Waals surface area contributed by atoms with Crippen LogP contribution in [0.2, 0.25) is 0 Å². The number of amides is 1. The molecular weight excluding hydrogens is 218 g/mol. The van der Waals surface area contributed by atoms with Crippen molar-refractivity contribution in [1.29, 1.82) is 0 Å². The third-order valence-corrected chi connectivity index (χ3v) is 1.92. The fraction of sp³-hybridized carbons (Fsp3) is 0.231. The lowest BCUT2D eigenvalue weighted by molar-refractivity contribution is -0.114. The predicted octanol–water partition coefficient (Wildman–Crippen LogP) is 2.41. The van der Waals surface area contributed by atoms with Crippen molar-refractivity contribution in [3.8, 4) is 5.75 Å². The molecule has 1 aromatic rings. The second kappa shape index (κ2) is 5.84. The van der Waals surface area contributed by atoms with Crippen molar-refractivity contribution in [2.75, 3.05) is 11.9 Å². The summed E-state index contributed by atoms with van der Waals surface area (Å²) in [6.45, 7) is 7.34. The van der Waals surface area contributed by atoms with E-state index in [2.05, 4.69) is 11.9 Å². The van der Waals surface area contributed by atoms with E-state index in [4.69, 9.17) is 4.74 Å². The first-order chi connectivity index (χ1) is 8.02. The molecule has 0 heterocycles. The molecule has 90 valence electrons. The van der Waals surface area contributed by atoms with E-state index in [1.54, 1.807) is 18.2 Å². The minimum absolute atomic E-state index is 0.215. The molecule has 0 fully saturated rings. The molecule has 0 saturated heterocycles. The van der Waals surface area contributed by atoms with Gasteiger partial charge in [-0.25, -0.2) is 0 Å². The summed E-state index contributed by atoms with van der Waals surface area (Å²) >= 11 is 0. The topological polar surface area (TPSA) is 55.4 Å². The van der Waals surface area contributed by atoms with E-state index in [1.165, 1.54) is 6.92 Å². The molecular formula is C13H15NO3. The maximum Gasteiger partial charge on any atom is 0.221 e. The number of aldehydes is 1. The van der Waals surface area contributed by atoms with Crippen LogP contribution in [0.15, 0.2) is 30.4 Å². The van der Waals surface area contributed by atoms with Crippen LogP contribution in [-0.2, 0) is 4.79 Å². The van der Waals surface area contributed by atoms with Gasteiger partial charge in [0.2, 0.25) is 5.91 Å². The summed E-state index contributed by atoms with van der Waals surface area (Å²) in [5.74, 6) is 0.307. The van der Waals surface area contributed by atoms with E-state index in [9.17, 15) is 9.59 Å². The van der Waals surface area contributed by atoms with E-state index in [0.29, 0.717) is 29.9 Å². The van der Waals surface area contributed by atoms with Crippen molar-refractivity contribution < 1.29 is 14.3 Å². The average Bonchev–Trinajstić information content (AvgIpc) is 2.26. The molecule has 17 heavy (non-hydrogen) atoms. The van der Waals surface area contributed by atoms with E-state index >= 15 is 0 Å². The Labute approximate surface area is 100 Å². The maximum absolute atomic E-state index is 11.0. The van der Waals surface area contributed by atoms with Gasteiger partial charge in [-0.1, -0.05) is 6.58 Å². The van der Waals surface area contributed by atoms with Crippen LogP contribution >= 0.6 is 0 Å². The van der Waals surface area contributed by atoms with E-state index in [1.807, 2.05) is 6.92 Å². The van der Waals surface area contributed by atoms with Crippen LogP contribution in [0, 0.1) is 0 Å². The number of hydrogen-bond donors (Lipinski definition) is 1. The monoisotopic (exact) mass is 233 g/mol.